The molecule has 5 nitrogen and oxygen atoms in total. The molecule has 2 N–H and O–H groups in total. The molecule has 1 aromatic rings. The Bertz CT molecular complexity index is 519. The molecule has 0 fully saturated rings. The van der Waals surface area contributed by atoms with Gasteiger partial charge in [0.1, 0.15) is 0 Å². The zero-order valence-electron chi connectivity index (χ0n) is 10.5. The van der Waals surface area contributed by atoms with Gasteiger partial charge >= 0.3 is 0 Å². The second-order valence-electron chi connectivity index (χ2n) is 4.37. The molecule has 0 aliphatic carbocycles. The lowest BCUT2D eigenvalue weighted by Gasteiger charge is -2.20. The maximum Gasteiger partial charge on any atom is 0.299 e. The molecule has 1 aromatic carbocycles. The molecule has 0 bridgehead atoms. The summed E-state index contributed by atoms with van der Waals surface area (Å²) in [6, 6.07) is 5.07. The number of benzene rings is 1. The average molecular weight is 327 g/mol. The van der Waals surface area contributed by atoms with Gasteiger partial charge in [0, 0.05) is 11.0 Å². The number of hydrogen-bond acceptors (Lipinski definition) is 4. The Morgan fingerprint density at radius 2 is 2.16 bits per heavy atom. The highest BCUT2D eigenvalue weighted by Gasteiger charge is 2.36. The van der Waals surface area contributed by atoms with Gasteiger partial charge in [0.05, 0.1) is 23.9 Å². The van der Waals surface area contributed by atoms with Crippen LogP contribution in [0.5, 0.6) is 0 Å². The van der Waals surface area contributed by atoms with Crippen molar-refractivity contribution in [2.45, 2.75) is 13.0 Å². The molecule has 19 heavy (non-hydrogen) atoms. The summed E-state index contributed by atoms with van der Waals surface area (Å²) in [7, 11) is 0. The highest BCUT2D eigenvalue weighted by atomic mass is 79.9. The summed E-state index contributed by atoms with van der Waals surface area (Å²) in [6.45, 7) is 3.18. The van der Waals surface area contributed by atoms with Gasteiger partial charge in [-0.2, -0.15) is 0 Å². The Morgan fingerprint density at radius 3 is 2.84 bits per heavy atom. The van der Waals surface area contributed by atoms with Crippen molar-refractivity contribution in [2.75, 3.05) is 24.5 Å². The highest BCUT2D eigenvalue weighted by Crippen LogP contribution is 2.31. The van der Waals surface area contributed by atoms with Crippen LogP contribution in [0.25, 0.3) is 0 Å². The highest BCUT2D eigenvalue weighted by molar-refractivity contribution is 9.10. The second-order valence-corrected chi connectivity index (χ2v) is 5.28. The third kappa shape index (κ3) is 2.86. The fraction of sp³-hybridized carbons (Fsp3) is 0.385. The Balaban J connectivity index is 2.20. The number of ketones is 1. The van der Waals surface area contributed by atoms with Crippen molar-refractivity contribution in [2.24, 2.45) is 0 Å². The van der Waals surface area contributed by atoms with Crippen LogP contribution in [-0.2, 0) is 4.79 Å². The number of β-amino-alcohol motifs (C(OH)–C–C–N with tert-alkyl or cyclic N) is 1. The maximum absolute atomic E-state index is 11.9. The number of carbonyl (C=O) groups is 2. The number of aliphatic hydroxyl groups is 1. The monoisotopic (exact) mass is 326 g/mol. The average Bonchev–Trinajstić information content (AvgIpc) is 2.61. The molecule has 1 amide bonds. The Hall–Kier alpha value is -1.24. The first-order valence-electron chi connectivity index (χ1n) is 6.09. The van der Waals surface area contributed by atoms with Crippen molar-refractivity contribution in [3.63, 3.8) is 0 Å². The minimum atomic E-state index is -0.707. The first-order chi connectivity index (χ1) is 9.04. The SMILES string of the molecule is CCNCC(O)CN1C(=O)C(=O)c2ccc(Br)cc21. The van der Waals surface area contributed by atoms with Gasteiger partial charge in [-0.1, -0.05) is 22.9 Å². The van der Waals surface area contributed by atoms with E-state index in [1.165, 1.54) is 4.90 Å². The molecule has 1 atom stereocenters. The van der Waals surface area contributed by atoms with E-state index in [0.717, 1.165) is 11.0 Å². The summed E-state index contributed by atoms with van der Waals surface area (Å²) in [5.74, 6) is -1.10. The number of halogens is 1. The van der Waals surface area contributed by atoms with E-state index >= 15 is 0 Å². The van der Waals surface area contributed by atoms with Gasteiger partial charge in [0.15, 0.2) is 0 Å². The molecule has 2 rings (SSSR count). The zero-order valence-corrected chi connectivity index (χ0v) is 12.1. The van der Waals surface area contributed by atoms with Gasteiger partial charge < -0.3 is 15.3 Å². The quantitative estimate of drug-likeness (QED) is 0.790. The minimum Gasteiger partial charge on any atom is -0.390 e. The first kappa shape index (κ1) is 14.2. The zero-order chi connectivity index (χ0) is 14.0. The lowest BCUT2D eigenvalue weighted by Crippen LogP contribution is -2.41. The number of anilines is 1. The number of rotatable bonds is 5. The minimum absolute atomic E-state index is 0.112. The van der Waals surface area contributed by atoms with Gasteiger partial charge in [0.2, 0.25) is 0 Å². The number of nitrogens with zero attached hydrogens (tertiary/aromatic N) is 1. The van der Waals surface area contributed by atoms with E-state index in [2.05, 4.69) is 21.2 Å². The Morgan fingerprint density at radius 1 is 1.42 bits per heavy atom. The topological polar surface area (TPSA) is 69.6 Å². The molecule has 0 saturated heterocycles. The largest absolute Gasteiger partial charge is 0.390 e. The van der Waals surface area contributed by atoms with Gasteiger partial charge in [-0.05, 0) is 24.7 Å². The van der Waals surface area contributed by atoms with E-state index < -0.39 is 17.8 Å². The van der Waals surface area contributed by atoms with Crippen LogP contribution in [0.1, 0.15) is 17.3 Å². The van der Waals surface area contributed by atoms with Crippen molar-refractivity contribution in [1.82, 2.24) is 5.32 Å². The van der Waals surface area contributed by atoms with Gasteiger partial charge in [-0.15, -0.1) is 0 Å². The summed E-state index contributed by atoms with van der Waals surface area (Å²) in [6.07, 6.45) is -0.707. The molecule has 1 heterocycles. The smallest absolute Gasteiger partial charge is 0.299 e. The van der Waals surface area contributed by atoms with Gasteiger partial charge in [-0.25, -0.2) is 0 Å². The van der Waals surface area contributed by atoms with Crippen LogP contribution in [0.2, 0.25) is 0 Å². The van der Waals surface area contributed by atoms with E-state index in [9.17, 15) is 14.7 Å². The number of fused-ring (bicyclic) bond motifs is 1. The van der Waals surface area contributed by atoms with Crippen LogP contribution in [0.3, 0.4) is 0 Å². The number of likely N-dealkylation sites (N-methyl/N-ethyl adjacent to an activating group) is 1. The van der Waals surface area contributed by atoms with E-state index in [1.54, 1.807) is 18.2 Å². The summed E-state index contributed by atoms with van der Waals surface area (Å²) < 4.78 is 0.792. The lowest BCUT2D eigenvalue weighted by atomic mass is 10.1. The molecule has 6 heteroatoms. The second kappa shape index (κ2) is 5.81. The Labute approximate surface area is 119 Å². The van der Waals surface area contributed by atoms with Crippen LogP contribution in [-0.4, -0.2) is 42.5 Å². The number of Topliss-reactive ketones (excluding diaryl/α,β-unsaturated/α-hetero) is 1. The van der Waals surface area contributed by atoms with Crippen molar-refractivity contribution in [3.05, 3.63) is 28.2 Å². The molecular formula is C13H15BrN2O3. The van der Waals surface area contributed by atoms with Crippen molar-refractivity contribution in [3.8, 4) is 0 Å². The molecule has 1 unspecified atom stereocenters. The molecule has 102 valence electrons. The van der Waals surface area contributed by atoms with Crippen molar-refractivity contribution in [1.29, 1.82) is 0 Å². The van der Waals surface area contributed by atoms with Crippen LogP contribution in [0.15, 0.2) is 22.7 Å². The van der Waals surface area contributed by atoms with Crippen LogP contribution < -0.4 is 10.2 Å². The van der Waals surface area contributed by atoms with E-state index in [1.807, 2.05) is 6.92 Å². The van der Waals surface area contributed by atoms with E-state index in [-0.39, 0.29) is 6.54 Å². The molecular weight excluding hydrogens is 312 g/mol. The van der Waals surface area contributed by atoms with Gasteiger partial charge in [0.25, 0.3) is 11.7 Å². The molecule has 1 aliphatic rings. The van der Waals surface area contributed by atoms with Crippen molar-refractivity contribution >= 4 is 33.3 Å². The Kier molecular flexibility index (Phi) is 4.34. The summed E-state index contributed by atoms with van der Waals surface area (Å²) in [5, 5.41) is 12.9. The van der Waals surface area contributed by atoms with E-state index in [0.29, 0.717) is 17.8 Å². The fourth-order valence-electron chi connectivity index (χ4n) is 2.03. The number of amides is 1. The molecule has 0 radical (unpaired) electrons. The number of hydrogen-bond donors (Lipinski definition) is 2. The fourth-order valence-corrected chi connectivity index (χ4v) is 2.38. The third-order valence-corrected chi connectivity index (χ3v) is 3.45. The van der Waals surface area contributed by atoms with Gasteiger partial charge in [-0.3, -0.25) is 9.59 Å². The van der Waals surface area contributed by atoms with Crippen LogP contribution in [0.4, 0.5) is 5.69 Å². The molecule has 0 aromatic heterocycles. The van der Waals surface area contributed by atoms with Crippen molar-refractivity contribution < 1.29 is 14.7 Å². The third-order valence-electron chi connectivity index (χ3n) is 2.96. The summed E-state index contributed by atoms with van der Waals surface area (Å²) in [4.78, 5) is 25.1. The standard InChI is InChI=1S/C13H15BrN2O3/c1-2-15-6-9(17)7-16-11-5-8(14)3-4-10(11)12(18)13(16)19/h3-5,9,15,17H,2,6-7H2,1H3. The summed E-state index contributed by atoms with van der Waals surface area (Å²) >= 11 is 3.32. The predicted octanol–water partition coefficient (Wildman–Crippen LogP) is 0.949. The summed E-state index contributed by atoms with van der Waals surface area (Å²) in [5.41, 5.74) is 0.948. The molecule has 0 saturated carbocycles. The van der Waals surface area contributed by atoms with E-state index in [4.69, 9.17) is 0 Å². The van der Waals surface area contributed by atoms with Crippen LogP contribution in [0, 0.1) is 0 Å². The molecule has 0 spiro atoms. The number of carbonyl (C=O) groups excluding carboxylic acids is 2. The van der Waals surface area contributed by atoms with Crippen LogP contribution >= 0.6 is 15.9 Å². The first-order valence-corrected chi connectivity index (χ1v) is 6.88. The number of aliphatic hydroxyl groups excluding tert-OH is 1. The maximum atomic E-state index is 11.9. The lowest BCUT2D eigenvalue weighted by molar-refractivity contribution is -0.114. The normalized spacial score (nSPS) is 15.8. The predicted molar refractivity (Wildman–Crippen MR) is 75.4 cm³/mol. The molecule has 1 aliphatic heterocycles. The number of nitrogens with one attached hydrogen (secondary N) is 1.